The van der Waals surface area contributed by atoms with Gasteiger partial charge < -0.3 is 5.73 Å². The van der Waals surface area contributed by atoms with Crippen molar-refractivity contribution in [3.05, 3.63) is 101 Å². The summed E-state index contributed by atoms with van der Waals surface area (Å²) in [5, 5.41) is 6.92. The van der Waals surface area contributed by atoms with Crippen LogP contribution in [-0.2, 0) is 10.0 Å². The summed E-state index contributed by atoms with van der Waals surface area (Å²) in [4.78, 5) is 4.38. The number of hydrazone groups is 1. The summed E-state index contributed by atoms with van der Waals surface area (Å²) >= 11 is 6.11. The lowest BCUT2D eigenvalue weighted by molar-refractivity contribution is 0.419. The Kier molecular flexibility index (Phi) is 7.13. The molecule has 1 atom stereocenters. The van der Waals surface area contributed by atoms with Crippen LogP contribution in [-0.4, -0.2) is 37.5 Å². The zero-order valence-corrected chi connectivity index (χ0v) is 22.0. The van der Waals surface area contributed by atoms with E-state index in [4.69, 9.17) is 22.4 Å². The van der Waals surface area contributed by atoms with Gasteiger partial charge >= 0.3 is 0 Å². The predicted octanol–water partition coefficient (Wildman–Crippen LogP) is 5.53. The molecule has 1 aliphatic heterocycles. The van der Waals surface area contributed by atoms with Crippen molar-refractivity contribution in [2.24, 2.45) is 20.2 Å². The molecule has 7 nitrogen and oxygen atoms in total. The second kappa shape index (κ2) is 10.5. The Balaban J connectivity index is 1.52. The lowest BCUT2D eigenvalue weighted by atomic mass is 9.80. The second-order valence-corrected chi connectivity index (χ2v) is 11.4. The lowest BCUT2D eigenvalue weighted by Crippen LogP contribution is -2.27. The average molecular weight is 534 g/mol. The third kappa shape index (κ3) is 5.60. The van der Waals surface area contributed by atoms with Crippen molar-refractivity contribution in [2.45, 2.75) is 42.9 Å². The number of benzene rings is 3. The number of rotatable bonds is 5. The number of halogens is 1. The highest BCUT2D eigenvalue weighted by molar-refractivity contribution is 7.90. The molecular weight excluding hydrogens is 506 g/mol. The maximum absolute atomic E-state index is 13.3. The third-order valence-electron chi connectivity index (χ3n) is 6.72. The van der Waals surface area contributed by atoms with Crippen molar-refractivity contribution in [3.63, 3.8) is 0 Å². The molecule has 1 saturated carbocycles. The van der Waals surface area contributed by atoms with Crippen LogP contribution in [0, 0.1) is 0 Å². The standard InChI is InChI=1S/C28H28ClN5O2S/c1-19(30)31-28(33-37(35,36)25-16-12-21(13-17-25)20-8-5-9-20)34-18-26(22-6-3-2-4-7-22)27(32-34)23-10-14-24(29)15-11-23/h2-4,6-7,10-17,20,26H,5,8-9,18H2,1H3,(H2,30,31,33)/t26-/m1/s1. The van der Waals surface area contributed by atoms with Gasteiger partial charge in [0.25, 0.3) is 16.0 Å². The first-order valence-electron chi connectivity index (χ1n) is 12.2. The molecule has 5 rings (SSSR count). The van der Waals surface area contributed by atoms with Crippen LogP contribution < -0.4 is 5.73 Å². The Morgan fingerprint density at radius 1 is 0.973 bits per heavy atom. The summed E-state index contributed by atoms with van der Waals surface area (Å²) in [6.07, 6.45) is 3.50. The molecule has 0 aromatic heterocycles. The predicted molar refractivity (Wildman–Crippen MR) is 149 cm³/mol. The van der Waals surface area contributed by atoms with Gasteiger partial charge in [0.15, 0.2) is 0 Å². The molecule has 0 amide bonds. The van der Waals surface area contributed by atoms with Crippen LogP contribution in [0.5, 0.6) is 0 Å². The molecule has 3 aromatic rings. The van der Waals surface area contributed by atoms with Gasteiger partial charge in [0.2, 0.25) is 0 Å². The molecule has 1 fully saturated rings. The molecule has 0 radical (unpaired) electrons. The van der Waals surface area contributed by atoms with Gasteiger partial charge in [-0.3, -0.25) is 0 Å². The molecule has 0 spiro atoms. The van der Waals surface area contributed by atoms with Gasteiger partial charge in [0, 0.05) is 10.9 Å². The van der Waals surface area contributed by atoms with E-state index in [1.165, 1.54) is 11.4 Å². The van der Waals surface area contributed by atoms with Gasteiger partial charge in [-0.15, -0.1) is 4.40 Å². The molecule has 9 heteroatoms. The maximum Gasteiger partial charge on any atom is 0.285 e. The first-order valence-corrected chi connectivity index (χ1v) is 14.0. The number of hydrogen-bond acceptors (Lipinski definition) is 3. The average Bonchev–Trinajstić information content (AvgIpc) is 3.29. The van der Waals surface area contributed by atoms with E-state index in [2.05, 4.69) is 9.39 Å². The second-order valence-electron chi connectivity index (χ2n) is 9.35. The summed E-state index contributed by atoms with van der Waals surface area (Å²) in [6.45, 7) is 1.94. The van der Waals surface area contributed by atoms with Gasteiger partial charge in [0.05, 0.1) is 23.0 Å². The smallest absolute Gasteiger partial charge is 0.285 e. The first kappa shape index (κ1) is 25.2. The number of nitrogens with zero attached hydrogens (tertiary/aromatic N) is 4. The van der Waals surface area contributed by atoms with Crippen LogP contribution in [0.1, 0.15) is 54.7 Å². The van der Waals surface area contributed by atoms with Gasteiger partial charge in [-0.25, -0.2) is 5.01 Å². The van der Waals surface area contributed by atoms with E-state index in [0.29, 0.717) is 17.5 Å². The zero-order valence-electron chi connectivity index (χ0n) is 20.5. The van der Waals surface area contributed by atoms with Crippen LogP contribution in [0.25, 0.3) is 0 Å². The van der Waals surface area contributed by atoms with Crippen LogP contribution in [0.4, 0.5) is 0 Å². The third-order valence-corrected chi connectivity index (χ3v) is 8.24. The Bertz CT molecular complexity index is 1460. The van der Waals surface area contributed by atoms with Gasteiger partial charge in [0.1, 0.15) is 0 Å². The SMILES string of the molecule is C/C(N)=N/C(=N\S(=O)(=O)c1ccc(C2CCC2)cc1)N1C[C@H](c2ccccc2)C(c2ccc(Cl)cc2)=N1. The fourth-order valence-corrected chi connectivity index (χ4v) is 5.61. The lowest BCUT2D eigenvalue weighted by Gasteiger charge is -2.25. The van der Waals surface area contributed by atoms with Gasteiger partial charge in [-0.05, 0) is 66.6 Å². The van der Waals surface area contributed by atoms with Crippen molar-refractivity contribution in [1.29, 1.82) is 0 Å². The molecule has 3 aromatic carbocycles. The first-order chi connectivity index (χ1) is 17.8. The zero-order chi connectivity index (χ0) is 26.0. The summed E-state index contributed by atoms with van der Waals surface area (Å²) < 4.78 is 30.7. The van der Waals surface area contributed by atoms with Crippen LogP contribution >= 0.6 is 11.6 Å². The molecule has 37 heavy (non-hydrogen) atoms. The fraction of sp³-hybridized carbons (Fsp3) is 0.250. The summed E-state index contributed by atoms with van der Waals surface area (Å²) in [6, 6.07) is 24.3. The van der Waals surface area contributed by atoms with Crippen molar-refractivity contribution in [1.82, 2.24) is 5.01 Å². The van der Waals surface area contributed by atoms with Crippen molar-refractivity contribution >= 4 is 39.1 Å². The van der Waals surface area contributed by atoms with Crippen molar-refractivity contribution in [3.8, 4) is 0 Å². The number of hydrogen-bond donors (Lipinski definition) is 1. The number of aliphatic imine (C=N–C) groups is 1. The summed E-state index contributed by atoms with van der Waals surface area (Å²) in [5.41, 5.74) is 9.73. The van der Waals surface area contributed by atoms with E-state index >= 15 is 0 Å². The highest BCUT2D eigenvalue weighted by Crippen LogP contribution is 2.36. The minimum atomic E-state index is -4.05. The monoisotopic (exact) mass is 533 g/mol. The number of nitrogens with two attached hydrogens (primary N) is 1. The largest absolute Gasteiger partial charge is 0.387 e. The van der Waals surface area contributed by atoms with E-state index in [-0.39, 0.29) is 22.6 Å². The number of sulfonamides is 1. The van der Waals surface area contributed by atoms with Gasteiger partial charge in [-0.2, -0.15) is 18.5 Å². The molecule has 0 bridgehead atoms. The molecular formula is C28H28ClN5O2S. The number of amidine groups is 1. The Morgan fingerprint density at radius 2 is 1.65 bits per heavy atom. The quantitative estimate of drug-likeness (QED) is 0.344. The highest BCUT2D eigenvalue weighted by Gasteiger charge is 2.32. The highest BCUT2D eigenvalue weighted by atomic mass is 35.5. The van der Waals surface area contributed by atoms with E-state index < -0.39 is 10.0 Å². The van der Waals surface area contributed by atoms with Crippen LogP contribution in [0.2, 0.25) is 5.02 Å². The van der Waals surface area contributed by atoms with E-state index in [1.54, 1.807) is 31.2 Å². The molecule has 2 N–H and O–H groups in total. The van der Waals surface area contributed by atoms with Crippen molar-refractivity contribution < 1.29 is 8.42 Å². The molecule has 190 valence electrons. The molecule has 1 aliphatic carbocycles. The fourth-order valence-electron chi connectivity index (χ4n) is 4.55. The summed E-state index contributed by atoms with van der Waals surface area (Å²) in [5.74, 6) is 0.486. The normalized spacial score (nSPS) is 19.0. The minimum Gasteiger partial charge on any atom is -0.387 e. The summed E-state index contributed by atoms with van der Waals surface area (Å²) in [7, 11) is -4.05. The van der Waals surface area contributed by atoms with Crippen LogP contribution in [0.15, 0.2) is 98.2 Å². The maximum atomic E-state index is 13.3. The topological polar surface area (TPSA) is 100 Å². The Labute approximate surface area is 222 Å². The Morgan fingerprint density at radius 3 is 2.24 bits per heavy atom. The number of guanidine groups is 1. The van der Waals surface area contributed by atoms with E-state index in [0.717, 1.165) is 35.2 Å². The molecule has 0 unspecified atom stereocenters. The van der Waals surface area contributed by atoms with E-state index in [1.807, 2.05) is 54.6 Å². The molecule has 1 heterocycles. The van der Waals surface area contributed by atoms with Crippen LogP contribution in [0.3, 0.4) is 0 Å². The van der Waals surface area contributed by atoms with Gasteiger partial charge in [-0.1, -0.05) is 72.6 Å². The Hall–Kier alpha value is -3.49. The van der Waals surface area contributed by atoms with Crippen molar-refractivity contribution in [2.75, 3.05) is 6.54 Å². The molecule has 0 saturated heterocycles. The molecule has 2 aliphatic rings. The minimum absolute atomic E-state index is 0.0760. The van der Waals surface area contributed by atoms with E-state index in [9.17, 15) is 8.42 Å².